The molecule has 10 nitrogen and oxygen atoms in total. The number of ether oxygens (including phenoxy) is 2. The Labute approximate surface area is 171 Å². The Morgan fingerprint density at radius 2 is 1.93 bits per heavy atom. The lowest BCUT2D eigenvalue weighted by atomic mass is 10.2. The zero-order chi connectivity index (χ0) is 21.6. The second kappa shape index (κ2) is 9.37. The number of carbonyl (C=O) groups excluding carboxylic acids is 2. The van der Waals surface area contributed by atoms with Crippen LogP contribution >= 0.6 is 11.6 Å². The Kier molecular flexibility index (Phi) is 7.15. The molecule has 0 atom stereocenters. The minimum atomic E-state index is -4.09. The smallest absolute Gasteiger partial charge is 0.271 e. The van der Waals surface area contributed by atoms with E-state index in [2.05, 4.69) is 10.5 Å². The molecule has 0 unspecified atom stereocenters. The van der Waals surface area contributed by atoms with E-state index in [9.17, 15) is 18.0 Å². The van der Waals surface area contributed by atoms with Crippen molar-refractivity contribution < 1.29 is 27.5 Å². The minimum Gasteiger partial charge on any atom is -0.493 e. The fourth-order valence-electron chi connectivity index (χ4n) is 2.13. The average Bonchev–Trinajstić information content (AvgIpc) is 2.65. The molecule has 2 aromatic carbocycles. The number of primary amides is 1. The molecule has 0 saturated carbocycles. The highest BCUT2D eigenvalue weighted by Crippen LogP contribution is 2.27. The van der Waals surface area contributed by atoms with Gasteiger partial charge in [0, 0.05) is 5.56 Å². The van der Waals surface area contributed by atoms with Gasteiger partial charge in [0.2, 0.25) is 10.0 Å². The van der Waals surface area contributed by atoms with E-state index in [1.54, 1.807) is 12.1 Å². The maximum absolute atomic E-state index is 12.2. The first kappa shape index (κ1) is 22.1. The van der Waals surface area contributed by atoms with Gasteiger partial charge in [-0.3, -0.25) is 9.59 Å². The number of hydrogen-bond donors (Lipinski definition) is 3. The van der Waals surface area contributed by atoms with Crippen LogP contribution in [0, 0.1) is 0 Å². The summed E-state index contributed by atoms with van der Waals surface area (Å²) in [6.07, 6.45) is 1.31. The van der Waals surface area contributed by atoms with Gasteiger partial charge in [-0.1, -0.05) is 11.6 Å². The van der Waals surface area contributed by atoms with Crippen LogP contribution in [0.25, 0.3) is 0 Å². The lowest BCUT2D eigenvalue weighted by molar-refractivity contribution is -0.119. The van der Waals surface area contributed by atoms with Crippen LogP contribution in [0.5, 0.6) is 11.5 Å². The molecule has 0 aliphatic rings. The highest BCUT2D eigenvalue weighted by Gasteiger charge is 2.16. The average molecular weight is 441 g/mol. The first-order valence-corrected chi connectivity index (χ1v) is 9.79. The van der Waals surface area contributed by atoms with Crippen molar-refractivity contribution in [3.05, 3.63) is 52.5 Å². The van der Waals surface area contributed by atoms with Crippen LogP contribution in [-0.2, 0) is 14.8 Å². The molecule has 0 radical (unpaired) electrons. The summed E-state index contributed by atoms with van der Waals surface area (Å²) >= 11 is 5.78. The SMILES string of the molecule is COc1ccc(C=NNC(=O)c2ccc(Cl)c(S(N)(=O)=O)c2)cc1OCC(N)=O. The second-order valence-corrected chi connectivity index (χ2v) is 7.49. The maximum Gasteiger partial charge on any atom is 0.271 e. The number of amides is 2. The topological polar surface area (TPSA) is 163 Å². The summed E-state index contributed by atoms with van der Waals surface area (Å²) in [6, 6.07) is 8.35. The molecule has 0 spiro atoms. The van der Waals surface area contributed by atoms with Crippen LogP contribution in [0.2, 0.25) is 5.02 Å². The summed E-state index contributed by atoms with van der Waals surface area (Å²) < 4.78 is 33.3. The number of sulfonamides is 1. The fourth-order valence-corrected chi connectivity index (χ4v) is 3.20. The van der Waals surface area contributed by atoms with Crippen molar-refractivity contribution in [2.45, 2.75) is 4.90 Å². The highest BCUT2D eigenvalue weighted by molar-refractivity contribution is 7.89. The van der Waals surface area contributed by atoms with E-state index in [0.717, 1.165) is 6.07 Å². The Morgan fingerprint density at radius 3 is 2.55 bits per heavy atom. The molecule has 0 aliphatic heterocycles. The predicted octanol–water partition coefficient (Wildman–Crippen LogP) is 0.624. The van der Waals surface area contributed by atoms with Crippen molar-refractivity contribution in [3.8, 4) is 11.5 Å². The lowest BCUT2D eigenvalue weighted by Gasteiger charge is -2.09. The fraction of sp³-hybridized carbons (Fsp3) is 0.118. The molecule has 2 aromatic rings. The number of methoxy groups -OCH3 is 1. The molecule has 29 heavy (non-hydrogen) atoms. The summed E-state index contributed by atoms with van der Waals surface area (Å²) in [5.74, 6) is -0.692. The number of nitrogens with zero attached hydrogens (tertiary/aromatic N) is 1. The van der Waals surface area contributed by atoms with Gasteiger partial charge in [-0.15, -0.1) is 0 Å². The molecule has 0 aromatic heterocycles. The lowest BCUT2D eigenvalue weighted by Crippen LogP contribution is -2.20. The van der Waals surface area contributed by atoms with Gasteiger partial charge in [-0.05, 0) is 42.0 Å². The molecule has 0 aliphatic carbocycles. The van der Waals surface area contributed by atoms with E-state index in [-0.39, 0.29) is 27.8 Å². The number of hydrazone groups is 1. The van der Waals surface area contributed by atoms with Gasteiger partial charge in [0.1, 0.15) is 4.90 Å². The van der Waals surface area contributed by atoms with E-state index in [1.807, 2.05) is 0 Å². The molecule has 0 fully saturated rings. The van der Waals surface area contributed by atoms with E-state index >= 15 is 0 Å². The molecule has 0 saturated heterocycles. The quantitative estimate of drug-likeness (QED) is 0.402. The molecule has 12 heteroatoms. The normalized spacial score (nSPS) is 11.3. The van der Waals surface area contributed by atoms with E-state index < -0.39 is 21.8 Å². The Bertz CT molecular complexity index is 1070. The Balaban J connectivity index is 2.14. The molecule has 0 heterocycles. The zero-order valence-electron chi connectivity index (χ0n) is 15.1. The molecule has 154 valence electrons. The Morgan fingerprint density at radius 1 is 1.21 bits per heavy atom. The van der Waals surface area contributed by atoms with Crippen molar-refractivity contribution in [1.82, 2.24) is 5.43 Å². The van der Waals surface area contributed by atoms with Crippen LogP contribution in [0.15, 0.2) is 46.4 Å². The molecule has 2 rings (SSSR count). The van der Waals surface area contributed by atoms with Gasteiger partial charge in [-0.25, -0.2) is 19.0 Å². The first-order valence-electron chi connectivity index (χ1n) is 7.86. The van der Waals surface area contributed by atoms with Gasteiger partial charge < -0.3 is 15.2 Å². The third-order valence-electron chi connectivity index (χ3n) is 3.44. The zero-order valence-corrected chi connectivity index (χ0v) is 16.7. The summed E-state index contributed by atoms with van der Waals surface area (Å²) in [6.45, 7) is -0.337. The standard InChI is InChI=1S/C17H17ClN4O6S/c1-27-13-5-2-10(6-14(13)28-9-16(19)23)8-21-22-17(24)11-3-4-12(18)15(7-11)29(20,25)26/h2-8H,9H2,1H3,(H2,19,23)(H,22,24)(H2,20,25,26). The number of carbonyl (C=O) groups is 2. The van der Waals surface area contributed by atoms with Gasteiger partial charge in [0.25, 0.3) is 11.8 Å². The van der Waals surface area contributed by atoms with Crippen molar-refractivity contribution in [2.24, 2.45) is 16.0 Å². The third-order valence-corrected chi connectivity index (χ3v) is 4.83. The molecular weight excluding hydrogens is 424 g/mol. The van der Waals surface area contributed by atoms with Crippen molar-refractivity contribution in [3.63, 3.8) is 0 Å². The predicted molar refractivity (Wildman–Crippen MR) is 106 cm³/mol. The van der Waals surface area contributed by atoms with Crippen molar-refractivity contribution in [1.29, 1.82) is 0 Å². The maximum atomic E-state index is 12.2. The van der Waals surface area contributed by atoms with Crippen molar-refractivity contribution >= 4 is 39.7 Å². The minimum absolute atomic E-state index is 0.00390. The largest absolute Gasteiger partial charge is 0.493 e. The second-order valence-electron chi connectivity index (χ2n) is 5.55. The van der Waals surface area contributed by atoms with Crippen LogP contribution in [0.3, 0.4) is 0 Å². The first-order chi connectivity index (χ1) is 13.6. The van der Waals surface area contributed by atoms with Gasteiger partial charge in [-0.2, -0.15) is 5.10 Å². The Hall–Kier alpha value is -3.15. The monoisotopic (exact) mass is 440 g/mol. The number of rotatable bonds is 8. The van der Waals surface area contributed by atoms with Crippen LogP contribution in [0.4, 0.5) is 0 Å². The van der Waals surface area contributed by atoms with Gasteiger partial charge in [0.05, 0.1) is 18.3 Å². The summed E-state index contributed by atoms with van der Waals surface area (Å²) in [7, 11) is -2.65. The number of primary sulfonamides is 1. The molecular formula is C17H17ClN4O6S. The summed E-state index contributed by atoms with van der Waals surface area (Å²) in [5, 5.41) is 8.75. The van der Waals surface area contributed by atoms with Crippen molar-refractivity contribution in [2.75, 3.05) is 13.7 Å². The summed E-state index contributed by atoms with van der Waals surface area (Å²) in [5.41, 5.74) is 7.82. The number of nitrogens with two attached hydrogens (primary N) is 2. The van der Waals surface area contributed by atoms with E-state index in [1.165, 1.54) is 31.5 Å². The van der Waals surface area contributed by atoms with E-state index in [4.69, 9.17) is 31.9 Å². The third kappa shape index (κ3) is 6.17. The van der Waals surface area contributed by atoms with Gasteiger partial charge in [0.15, 0.2) is 18.1 Å². The van der Waals surface area contributed by atoms with Crippen LogP contribution in [-0.4, -0.2) is 40.2 Å². The number of hydrogen-bond acceptors (Lipinski definition) is 7. The molecule has 0 bridgehead atoms. The highest BCUT2D eigenvalue weighted by atomic mass is 35.5. The van der Waals surface area contributed by atoms with E-state index in [0.29, 0.717) is 11.3 Å². The molecule has 5 N–H and O–H groups in total. The number of nitrogens with one attached hydrogen (secondary N) is 1. The number of halogens is 1. The van der Waals surface area contributed by atoms with Gasteiger partial charge >= 0.3 is 0 Å². The summed E-state index contributed by atoms with van der Waals surface area (Å²) in [4.78, 5) is 22.7. The molecule has 2 amide bonds. The van der Waals surface area contributed by atoms with Crippen LogP contribution in [0.1, 0.15) is 15.9 Å². The number of benzene rings is 2. The van der Waals surface area contributed by atoms with Crippen LogP contribution < -0.4 is 25.8 Å².